The van der Waals surface area contributed by atoms with E-state index in [0.717, 1.165) is 43.9 Å². The molecule has 0 amide bonds. The Bertz CT molecular complexity index is 465. The van der Waals surface area contributed by atoms with Crippen molar-refractivity contribution in [3.63, 3.8) is 0 Å². The van der Waals surface area contributed by atoms with E-state index in [0.29, 0.717) is 0 Å². The first-order chi connectivity index (χ1) is 9.08. The van der Waals surface area contributed by atoms with Crippen molar-refractivity contribution >= 4 is 12.2 Å². The predicted octanol–water partition coefficient (Wildman–Crippen LogP) is 2.83. The highest BCUT2D eigenvalue weighted by Gasteiger charge is 2.16. The van der Waals surface area contributed by atoms with Gasteiger partial charge in [0.2, 0.25) is 0 Å². The van der Waals surface area contributed by atoms with Crippen molar-refractivity contribution in [2.24, 2.45) is 0 Å². The molecule has 2 N–H and O–H groups in total. The second-order valence-corrected chi connectivity index (χ2v) is 5.52. The number of rotatable bonds is 4. The van der Waals surface area contributed by atoms with Gasteiger partial charge in [0.1, 0.15) is 0 Å². The maximum absolute atomic E-state index is 9.51. The molecule has 0 bridgehead atoms. The summed E-state index contributed by atoms with van der Waals surface area (Å²) in [5.41, 5.74) is 4.81. The number of likely N-dealkylation sites (tertiary alicyclic amines) is 1. The van der Waals surface area contributed by atoms with Gasteiger partial charge in [-0.3, -0.25) is 4.90 Å². The van der Waals surface area contributed by atoms with Crippen molar-refractivity contribution in [2.75, 3.05) is 19.6 Å². The van der Waals surface area contributed by atoms with Gasteiger partial charge < -0.3 is 10.1 Å². The van der Waals surface area contributed by atoms with Crippen molar-refractivity contribution in [3.8, 4) is 0 Å². The molecule has 0 unspecified atom stereocenters. The molecule has 1 aromatic rings. The van der Waals surface area contributed by atoms with E-state index in [-0.39, 0.29) is 6.10 Å². The Kier molecular flexibility index (Phi) is 4.61. The quantitative estimate of drug-likeness (QED) is 0.874. The first kappa shape index (κ1) is 14.1. The van der Waals surface area contributed by atoms with Crippen LogP contribution in [0.2, 0.25) is 0 Å². The van der Waals surface area contributed by atoms with Gasteiger partial charge in [0.15, 0.2) is 0 Å². The Morgan fingerprint density at radius 3 is 2.84 bits per heavy atom. The van der Waals surface area contributed by atoms with Crippen LogP contribution < -0.4 is 0 Å². The zero-order chi connectivity index (χ0) is 13.8. The lowest BCUT2D eigenvalue weighted by Gasteiger charge is -2.29. The Morgan fingerprint density at radius 1 is 1.53 bits per heavy atom. The highest BCUT2D eigenvalue weighted by atomic mass is 16.3. The fraction of sp³-hybridized carbons (Fsp3) is 0.500. The maximum Gasteiger partial charge on any atom is 0.0564 e. The predicted molar refractivity (Wildman–Crippen MR) is 81.0 cm³/mol. The minimum Gasteiger partial charge on any atom is -0.393 e. The van der Waals surface area contributed by atoms with E-state index >= 15 is 0 Å². The maximum atomic E-state index is 9.51. The molecule has 0 saturated carbocycles. The van der Waals surface area contributed by atoms with Gasteiger partial charge in [0.05, 0.1) is 6.10 Å². The number of nitrogens with zero attached hydrogens (tertiary/aromatic N) is 1. The van der Waals surface area contributed by atoms with Crippen LogP contribution in [0.4, 0.5) is 0 Å². The number of nitrogens with one attached hydrogen (secondary N) is 1. The zero-order valence-electron chi connectivity index (χ0n) is 11.9. The highest BCUT2D eigenvalue weighted by Crippen LogP contribution is 2.17. The third kappa shape index (κ3) is 3.82. The van der Waals surface area contributed by atoms with Gasteiger partial charge in [-0.2, -0.15) is 0 Å². The first-order valence-electron chi connectivity index (χ1n) is 6.98. The number of hydrogen-bond donors (Lipinski definition) is 2. The van der Waals surface area contributed by atoms with Crippen LogP contribution in [0.1, 0.15) is 36.7 Å². The van der Waals surface area contributed by atoms with Crippen LogP contribution in [-0.4, -0.2) is 40.7 Å². The molecule has 0 aliphatic carbocycles. The van der Waals surface area contributed by atoms with Gasteiger partial charge in [-0.25, -0.2) is 0 Å². The van der Waals surface area contributed by atoms with E-state index in [9.17, 15) is 5.11 Å². The summed E-state index contributed by atoms with van der Waals surface area (Å²) in [7, 11) is 0. The summed E-state index contributed by atoms with van der Waals surface area (Å²) in [5, 5.41) is 9.51. The molecule has 104 valence electrons. The minimum atomic E-state index is -0.0970. The molecule has 1 aliphatic heterocycles. The Balaban J connectivity index is 2.00. The van der Waals surface area contributed by atoms with Gasteiger partial charge in [-0.05, 0) is 44.4 Å². The molecule has 3 nitrogen and oxygen atoms in total. The van der Waals surface area contributed by atoms with Gasteiger partial charge >= 0.3 is 0 Å². The molecule has 0 atom stereocenters. The van der Waals surface area contributed by atoms with E-state index in [1.54, 1.807) is 0 Å². The fourth-order valence-electron chi connectivity index (χ4n) is 2.66. The number of aliphatic hydroxyl groups is 1. The van der Waals surface area contributed by atoms with Crippen molar-refractivity contribution in [1.29, 1.82) is 0 Å². The van der Waals surface area contributed by atoms with E-state index in [1.807, 2.05) is 6.08 Å². The largest absolute Gasteiger partial charge is 0.393 e. The van der Waals surface area contributed by atoms with E-state index in [1.165, 1.54) is 11.1 Å². The van der Waals surface area contributed by atoms with Gasteiger partial charge in [-0.15, -0.1) is 0 Å². The van der Waals surface area contributed by atoms with Gasteiger partial charge in [-0.1, -0.05) is 18.2 Å². The minimum absolute atomic E-state index is 0.0970. The topological polar surface area (TPSA) is 39.3 Å². The van der Waals surface area contributed by atoms with Crippen molar-refractivity contribution in [3.05, 3.63) is 35.2 Å². The molecule has 0 aromatic carbocycles. The standard InChI is InChI=1S/C16H24N2O/c1-4-16-14(10-13(3)17-16)9-12(2)11-18-7-5-15(19)6-8-18/h4,9-10,15,17,19H,1,5-8,11H2,2-3H3/b12-9+. The second-order valence-electron chi connectivity index (χ2n) is 5.52. The van der Waals surface area contributed by atoms with Crippen molar-refractivity contribution in [2.45, 2.75) is 32.8 Å². The number of H-pyrrole nitrogens is 1. The Labute approximate surface area is 115 Å². The van der Waals surface area contributed by atoms with Crippen molar-refractivity contribution < 1.29 is 5.11 Å². The molecular weight excluding hydrogens is 236 g/mol. The molecule has 3 heteroatoms. The van der Waals surface area contributed by atoms with Crippen LogP contribution in [-0.2, 0) is 0 Å². The van der Waals surface area contributed by atoms with Crippen LogP contribution in [0.25, 0.3) is 12.2 Å². The van der Waals surface area contributed by atoms with Crippen LogP contribution in [0.5, 0.6) is 0 Å². The molecular formula is C16H24N2O. The number of aryl methyl sites for hydroxylation is 1. The molecule has 1 saturated heterocycles. The summed E-state index contributed by atoms with van der Waals surface area (Å²) in [6, 6.07) is 2.15. The number of aromatic amines is 1. The molecule has 0 radical (unpaired) electrons. The molecule has 1 aromatic heterocycles. The molecule has 1 aliphatic rings. The summed E-state index contributed by atoms with van der Waals surface area (Å²) in [5.74, 6) is 0. The van der Waals surface area contributed by atoms with E-state index < -0.39 is 0 Å². The monoisotopic (exact) mass is 260 g/mol. The molecule has 19 heavy (non-hydrogen) atoms. The number of piperidine rings is 1. The summed E-state index contributed by atoms with van der Waals surface area (Å²) < 4.78 is 0. The summed E-state index contributed by atoms with van der Waals surface area (Å²) in [6.45, 7) is 11.0. The SMILES string of the molecule is C=Cc1[nH]c(C)cc1/C=C(\C)CN1CCC(O)CC1. The first-order valence-corrected chi connectivity index (χ1v) is 6.98. The Morgan fingerprint density at radius 2 is 2.21 bits per heavy atom. The lowest BCUT2D eigenvalue weighted by molar-refractivity contribution is 0.0870. The lowest BCUT2D eigenvalue weighted by Crippen LogP contribution is -2.36. The number of hydrogen-bond acceptors (Lipinski definition) is 2. The third-order valence-electron chi connectivity index (χ3n) is 3.65. The molecule has 2 rings (SSSR count). The van der Waals surface area contributed by atoms with Crippen LogP contribution in [0.3, 0.4) is 0 Å². The van der Waals surface area contributed by atoms with Crippen molar-refractivity contribution in [1.82, 2.24) is 9.88 Å². The summed E-state index contributed by atoms with van der Waals surface area (Å²) >= 11 is 0. The Hall–Kier alpha value is -1.32. The highest BCUT2D eigenvalue weighted by molar-refractivity contribution is 5.64. The molecule has 2 heterocycles. The van der Waals surface area contributed by atoms with Gasteiger partial charge in [0.25, 0.3) is 0 Å². The smallest absolute Gasteiger partial charge is 0.0564 e. The van der Waals surface area contributed by atoms with E-state index in [4.69, 9.17) is 0 Å². The average molecular weight is 260 g/mol. The normalized spacial score (nSPS) is 18.8. The summed E-state index contributed by atoms with van der Waals surface area (Å²) in [4.78, 5) is 5.71. The van der Waals surface area contributed by atoms with Gasteiger partial charge in [0, 0.05) is 31.0 Å². The van der Waals surface area contributed by atoms with Crippen LogP contribution in [0, 0.1) is 6.92 Å². The number of aromatic nitrogens is 1. The fourth-order valence-corrected chi connectivity index (χ4v) is 2.66. The molecule has 0 spiro atoms. The second kappa shape index (κ2) is 6.22. The zero-order valence-corrected chi connectivity index (χ0v) is 11.9. The van der Waals surface area contributed by atoms with Crippen LogP contribution >= 0.6 is 0 Å². The summed E-state index contributed by atoms with van der Waals surface area (Å²) in [6.07, 6.45) is 5.79. The lowest BCUT2D eigenvalue weighted by atomic mass is 10.1. The van der Waals surface area contributed by atoms with Crippen LogP contribution in [0.15, 0.2) is 18.2 Å². The molecule has 1 fully saturated rings. The number of aliphatic hydroxyl groups excluding tert-OH is 1. The average Bonchev–Trinajstić information content (AvgIpc) is 2.72. The van der Waals surface area contributed by atoms with E-state index in [2.05, 4.69) is 42.5 Å². The third-order valence-corrected chi connectivity index (χ3v) is 3.65.